The van der Waals surface area contributed by atoms with Gasteiger partial charge in [0.15, 0.2) is 0 Å². The van der Waals surface area contributed by atoms with E-state index in [2.05, 4.69) is 10.3 Å². The molecule has 1 aliphatic rings. The van der Waals surface area contributed by atoms with Gasteiger partial charge in [-0.2, -0.15) is 0 Å². The van der Waals surface area contributed by atoms with E-state index in [1.54, 1.807) is 0 Å². The first-order chi connectivity index (χ1) is 15.1. The first kappa shape index (κ1) is 21.1. The number of hydrogen-bond donors (Lipinski definition) is 2. The summed E-state index contributed by atoms with van der Waals surface area (Å²) >= 11 is 0. The van der Waals surface area contributed by atoms with E-state index in [9.17, 15) is 9.90 Å². The van der Waals surface area contributed by atoms with Crippen LogP contribution >= 0.6 is 0 Å². The second kappa shape index (κ2) is 9.76. The number of piperazine rings is 1. The Bertz CT molecular complexity index is 1000. The Balaban J connectivity index is 1.30. The van der Waals surface area contributed by atoms with E-state index in [1.165, 1.54) is 0 Å². The number of nitrogens with one attached hydrogen (secondary N) is 1. The molecule has 1 unspecified atom stereocenters. The summed E-state index contributed by atoms with van der Waals surface area (Å²) in [6.07, 6.45) is 0.658. The SMILES string of the molecule is Cc1oc(-c2ccccc2)nc1CCOc1ccc(CN2CCNCC2C(=O)O)cc1. The van der Waals surface area contributed by atoms with E-state index in [1.807, 2.05) is 66.4 Å². The van der Waals surface area contributed by atoms with E-state index in [-0.39, 0.29) is 0 Å². The second-order valence-electron chi connectivity index (χ2n) is 7.66. The van der Waals surface area contributed by atoms with E-state index in [0.717, 1.165) is 41.4 Å². The van der Waals surface area contributed by atoms with Gasteiger partial charge in [-0.1, -0.05) is 30.3 Å². The van der Waals surface area contributed by atoms with Crippen molar-refractivity contribution in [2.75, 3.05) is 26.2 Å². The van der Waals surface area contributed by atoms with Gasteiger partial charge < -0.3 is 19.6 Å². The number of hydrogen-bond acceptors (Lipinski definition) is 6. The van der Waals surface area contributed by atoms with Gasteiger partial charge in [0.25, 0.3) is 0 Å². The van der Waals surface area contributed by atoms with Crippen LogP contribution in [0.5, 0.6) is 5.75 Å². The van der Waals surface area contributed by atoms with Gasteiger partial charge in [-0.3, -0.25) is 9.69 Å². The lowest BCUT2D eigenvalue weighted by Gasteiger charge is -2.33. The Morgan fingerprint density at radius 1 is 1.23 bits per heavy atom. The lowest BCUT2D eigenvalue weighted by molar-refractivity contribution is -0.144. The van der Waals surface area contributed by atoms with Gasteiger partial charge in [0.1, 0.15) is 17.6 Å². The molecular formula is C24H27N3O4. The number of aliphatic carboxylic acids is 1. The highest BCUT2D eigenvalue weighted by Gasteiger charge is 2.28. The predicted molar refractivity (Wildman–Crippen MR) is 117 cm³/mol. The molecule has 7 nitrogen and oxygen atoms in total. The highest BCUT2D eigenvalue weighted by Crippen LogP contribution is 2.22. The van der Waals surface area contributed by atoms with E-state index in [4.69, 9.17) is 9.15 Å². The molecule has 31 heavy (non-hydrogen) atoms. The summed E-state index contributed by atoms with van der Waals surface area (Å²) in [5.74, 6) is 1.43. The summed E-state index contributed by atoms with van der Waals surface area (Å²) in [7, 11) is 0. The number of carbonyl (C=O) groups is 1. The summed E-state index contributed by atoms with van der Waals surface area (Å²) < 4.78 is 11.7. The molecule has 1 aromatic heterocycles. The van der Waals surface area contributed by atoms with Gasteiger partial charge in [0.2, 0.25) is 5.89 Å². The van der Waals surface area contributed by atoms with E-state index in [0.29, 0.717) is 32.0 Å². The van der Waals surface area contributed by atoms with Crippen molar-refractivity contribution < 1.29 is 19.1 Å². The van der Waals surface area contributed by atoms with Gasteiger partial charge in [-0.05, 0) is 36.8 Å². The van der Waals surface area contributed by atoms with Crippen LogP contribution in [0.4, 0.5) is 0 Å². The first-order valence-electron chi connectivity index (χ1n) is 10.5. The number of aryl methyl sites for hydroxylation is 1. The molecule has 1 fully saturated rings. The Morgan fingerprint density at radius 2 is 2.00 bits per heavy atom. The molecule has 162 valence electrons. The van der Waals surface area contributed by atoms with Crippen molar-refractivity contribution in [3.05, 3.63) is 71.6 Å². The van der Waals surface area contributed by atoms with Crippen LogP contribution in [0.3, 0.4) is 0 Å². The molecule has 4 rings (SSSR count). The molecule has 0 saturated carbocycles. The molecule has 0 bridgehead atoms. The molecule has 7 heteroatoms. The average molecular weight is 421 g/mol. The van der Waals surface area contributed by atoms with E-state index >= 15 is 0 Å². The van der Waals surface area contributed by atoms with Crippen LogP contribution in [-0.4, -0.2) is 53.2 Å². The zero-order valence-electron chi connectivity index (χ0n) is 17.6. The minimum atomic E-state index is -0.786. The molecule has 0 aliphatic carbocycles. The highest BCUT2D eigenvalue weighted by atomic mass is 16.5. The molecule has 0 spiro atoms. The summed E-state index contributed by atoms with van der Waals surface area (Å²) in [6.45, 7) is 5.03. The van der Waals surface area contributed by atoms with Crippen molar-refractivity contribution in [3.63, 3.8) is 0 Å². The van der Waals surface area contributed by atoms with Gasteiger partial charge in [-0.25, -0.2) is 4.98 Å². The summed E-state index contributed by atoms with van der Waals surface area (Å²) in [5, 5.41) is 12.5. The minimum Gasteiger partial charge on any atom is -0.493 e. The molecule has 3 aromatic rings. The molecule has 0 radical (unpaired) electrons. The minimum absolute atomic E-state index is 0.476. The lowest BCUT2D eigenvalue weighted by atomic mass is 10.1. The fraction of sp³-hybridized carbons (Fsp3) is 0.333. The molecule has 2 N–H and O–H groups in total. The summed E-state index contributed by atoms with van der Waals surface area (Å²) in [4.78, 5) is 18.0. The van der Waals surface area contributed by atoms with Crippen LogP contribution in [-0.2, 0) is 17.8 Å². The number of aromatic nitrogens is 1. The van der Waals surface area contributed by atoms with Crippen LogP contribution in [0.2, 0.25) is 0 Å². The topological polar surface area (TPSA) is 87.8 Å². The largest absolute Gasteiger partial charge is 0.493 e. The first-order valence-corrected chi connectivity index (χ1v) is 10.5. The van der Waals surface area contributed by atoms with Crippen LogP contribution in [0.25, 0.3) is 11.5 Å². The molecule has 1 aliphatic heterocycles. The number of carboxylic acid groups (broad SMARTS) is 1. The van der Waals surface area contributed by atoms with Crippen LogP contribution in [0.1, 0.15) is 17.0 Å². The lowest BCUT2D eigenvalue weighted by Crippen LogP contribution is -2.54. The normalized spacial score (nSPS) is 16.9. The zero-order valence-corrected chi connectivity index (χ0v) is 17.6. The third kappa shape index (κ3) is 5.31. The fourth-order valence-corrected chi connectivity index (χ4v) is 3.73. The van der Waals surface area contributed by atoms with Crippen molar-refractivity contribution >= 4 is 5.97 Å². The van der Waals surface area contributed by atoms with Crippen LogP contribution < -0.4 is 10.1 Å². The Labute approximate surface area is 181 Å². The third-order valence-corrected chi connectivity index (χ3v) is 5.47. The number of carboxylic acids is 1. The average Bonchev–Trinajstić information content (AvgIpc) is 3.16. The maximum atomic E-state index is 11.4. The van der Waals surface area contributed by atoms with Gasteiger partial charge >= 0.3 is 5.97 Å². The Hall–Kier alpha value is -3.16. The number of rotatable bonds is 8. The van der Waals surface area contributed by atoms with Crippen molar-refractivity contribution in [2.45, 2.75) is 25.9 Å². The molecule has 1 atom stereocenters. The summed E-state index contributed by atoms with van der Waals surface area (Å²) in [6, 6.07) is 17.2. The highest BCUT2D eigenvalue weighted by molar-refractivity contribution is 5.74. The fourth-order valence-electron chi connectivity index (χ4n) is 3.73. The third-order valence-electron chi connectivity index (χ3n) is 5.47. The number of benzene rings is 2. The Kier molecular flexibility index (Phi) is 6.64. The smallest absolute Gasteiger partial charge is 0.322 e. The van der Waals surface area contributed by atoms with Gasteiger partial charge in [0, 0.05) is 38.2 Å². The van der Waals surface area contributed by atoms with Crippen molar-refractivity contribution in [1.29, 1.82) is 0 Å². The molecule has 0 amide bonds. The number of oxazole rings is 1. The maximum absolute atomic E-state index is 11.4. The Morgan fingerprint density at radius 3 is 2.74 bits per heavy atom. The van der Waals surface area contributed by atoms with Crippen LogP contribution in [0.15, 0.2) is 59.0 Å². The van der Waals surface area contributed by atoms with Gasteiger partial charge in [0.05, 0.1) is 12.3 Å². The monoisotopic (exact) mass is 421 g/mol. The number of nitrogens with zero attached hydrogens (tertiary/aromatic N) is 2. The van der Waals surface area contributed by atoms with E-state index < -0.39 is 12.0 Å². The molecular weight excluding hydrogens is 394 g/mol. The second-order valence-corrected chi connectivity index (χ2v) is 7.66. The maximum Gasteiger partial charge on any atom is 0.322 e. The van der Waals surface area contributed by atoms with Crippen molar-refractivity contribution in [2.24, 2.45) is 0 Å². The summed E-state index contributed by atoms with van der Waals surface area (Å²) in [5.41, 5.74) is 2.93. The van der Waals surface area contributed by atoms with Gasteiger partial charge in [-0.15, -0.1) is 0 Å². The van der Waals surface area contributed by atoms with Crippen molar-refractivity contribution in [3.8, 4) is 17.2 Å². The molecule has 2 aromatic carbocycles. The van der Waals surface area contributed by atoms with Crippen molar-refractivity contribution in [1.82, 2.24) is 15.2 Å². The molecule has 2 heterocycles. The number of ether oxygens (including phenoxy) is 1. The molecule has 1 saturated heterocycles. The standard InChI is InChI=1S/C24H27N3O4/c1-17-21(26-23(31-17)19-5-3-2-4-6-19)11-14-30-20-9-7-18(8-10-20)16-27-13-12-25-15-22(27)24(28)29/h2-10,22,25H,11-16H2,1H3,(H,28,29). The quantitative estimate of drug-likeness (QED) is 0.578. The predicted octanol–water partition coefficient (Wildman–Crippen LogP) is 3.13. The zero-order chi connectivity index (χ0) is 21.6. The van der Waals surface area contributed by atoms with Crippen LogP contribution in [0, 0.1) is 6.92 Å².